The minimum absolute atomic E-state index is 0.154. The molecule has 0 saturated carbocycles. The zero-order valence-corrected chi connectivity index (χ0v) is 17.2. The zero-order valence-electron chi connectivity index (χ0n) is 17.2. The normalized spacial score (nSPS) is 16.5. The molecular weight excluding hydrogens is 383 g/mol. The van der Waals surface area contributed by atoms with Gasteiger partial charge in [-0.15, -0.1) is 0 Å². The molecule has 5 rings (SSSR count). The van der Waals surface area contributed by atoms with E-state index in [1.165, 1.54) is 6.07 Å². The van der Waals surface area contributed by atoms with Crippen LogP contribution in [0.1, 0.15) is 30.1 Å². The zero-order chi connectivity index (χ0) is 20.8. The molecule has 4 aromatic heterocycles. The van der Waals surface area contributed by atoms with Crippen LogP contribution in [0.3, 0.4) is 0 Å². The Morgan fingerprint density at radius 1 is 1.10 bits per heavy atom. The summed E-state index contributed by atoms with van der Waals surface area (Å²) in [6.45, 7) is 2.79. The predicted molar refractivity (Wildman–Crippen MR) is 113 cm³/mol. The molecule has 30 heavy (non-hydrogen) atoms. The van der Waals surface area contributed by atoms with E-state index in [1.807, 2.05) is 44.4 Å². The van der Waals surface area contributed by atoms with E-state index in [-0.39, 0.29) is 11.9 Å². The van der Waals surface area contributed by atoms with E-state index in [0.29, 0.717) is 11.3 Å². The van der Waals surface area contributed by atoms with Gasteiger partial charge in [0.05, 0.1) is 18.4 Å². The molecule has 0 spiro atoms. The summed E-state index contributed by atoms with van der Waals surface area (Å²) in [5, 5.41) is 8.77. The van der Waals surface area contributed by atoms with Crippen LogP contribution in [0.4, 0.5) is 16.0 Å². The van der Waals surface area contributed by atoms with Crippen LogP contribution in [0, 0.1) is 12.7 Å². The van der Waals surface area contributed by atoms with Gasteiger partial charge in [0.25, 0.3) is 0 Å². The molecule has 5 heterocycles. The van der Waals surface area contributed by atoms with Crippen molar-refractivity contribution in [2.75, 3.05) is 30.4 Å². The van der Waals surface area contributed by atoms with Crippen LogP contribution < -0.4 is 9.80 Å². The SMILES string of the molecule is Cc1cnn(-c2cnn3ccc(N4CCC[C@H]4c4nc(N(C)C)ccc4F)nc23)c1. The van der Waals surface area contributed by atoms with Crippen molar-refractivity contribution in [3.05, 3.63) is 60.1 Å². The van der Waals surface area contributed by atoms with Crippen LogP contribution in [0.2, 0.25) is 0 Å². The molecule has 0 unspecified atom stereocenters. The molecule has 8 nitrogen and oxygen atoms in total. The quantitative estimate of drug-likeness (QED) is 0.519. The van der Waals surface area contributed by atoms with Gasteiger partial charge < -0.3 is 9.80 Å². The average Bonchev–Trinajstić information content (AvgIpc) is 3.46. The lowest BCUT2D eigenvalue weighted by atomic mass is 10.1. The Labute approximate surface area is 173 Å². The number of nitrogens with zero attached hydrogens (tertiary/aromatic N) is 8. The lowest BCUT2D eigenvalue weighted by Gasteiger charge is -2.26. The Kier molecular flexibility index (Phi) is 4.38. The number of aryl methyl sites for hydroxylation is 1. The van der Waals surface area contributed by atoms with Gasteiger partial charge in [-0.2, -0.15) is 10.2 Å². The minimum atomic E-state index is -0.282. The van der Waals surface area contributed by atoms with Crippen molar-refractivity contribution >= 4 is 17.3 Å². The second-order valence-corrected chi connectivity index (χ2v) is 7.83. The fourth-order valence-corrected chi connectivity index (χ4v) is 3.97. The second kappa shape index (κ2) is 7.08. The molecule has 0 aliphatic carbocycles. The fourth-order valence-electron chi connectivity index (χ4n) is 3.97. The van der Waals surface area contributed by atoms with Crippen molar-refractivity contribution in [3.63, 3.8) is 0 Å². The number of aromatic nitrogens is 6. The van der Waals surface area contributed by atoms with E-state index < -0.39 is 0 Å². The molecule has 1 fully saturated rings. The molecular formula is C21H23FN8. The maximum Gasteiger partial charge on any atom is 0.183 e. The average molecular weight is 406 g/mol. The summed E-state index contributed by atoms with van der Waals surface area (Å²) in [7, 11) is 3.81. The van der Waals surface area contributed by atoms with Gasteiger partial charge in [-0.1, -0.05) is 0 Å². The highest BCUT2D eigenvalue weighted by Crippen LogP contribution is 2.36. The van der Waals surface area contributed by atoms with Crippen molar-refractivity contribution in [2.24, 2.45) is 0 Å². The lowest BCUT2D eigenvalue weighted by Crippen LogP contribution is -2.26. The fraction of sp³-hybridized carbons (Fsp3) is 0.333. The van der Waals surface area contributed by atoms with E-state index in [9.17, 15) is 4.39 Å². The summed E-state index contributed by atoms with van der Waals surface area (Å²) in [4.78, 5) is 13.5. The first-order chi connectivity index (χ1) is 14.5. The highest BCUT2D eigenvalue weighted by Gasteiger charge is 2.31. The third-order valence-corrected chi connectivity index (χ3v) is 5.47. The summed E-state index contributed by atoms with van der Waals surface area (Å²) >= 11 is 0. The summed E-state index contributed by atoms with van der Waals surface area (Å²) in [5.41, 5.74) is 3.04. The molecule has 1 saturated heterocycles. The summed E-state index contributed by atoms with van der Waals surface area (Å²) < 4.78 is 18.2. The molecule has 1 atom stereocenters. The maximum absolute atomic E-state index is 14.7. The molecule has 0 N–H and O–H groups in total. The Balaban J connectivity index is 1.55. The largest absolute Gasteiger partial charge is 0.363 e. The molecule has 9 heteroatoms. The van der Waals surface area contributed by atoms with E-state index in [4.69, 9.17) is 4.98 Å². The van der Waals surface area contributed by atoms with Crippen LogP contribution in [0.5, 0.6) is 0 Å². The Bertz CT molecular complexity index is 1210. The van der Waals surface area contributed by atoms with Gasteiger partial charge in [0.2, 0.25) is 0 Å². The first-order valence-electron chi connectivity index (χ1n) is 9.98. The topological polar surface area (TPSA) is 67.4 Å². The standard InChI is InChI=1S/C21H23FN8/c1-14-11-23-30(13-14)17-12-24-29-10-8-19(26-21(17)29)28-9-4-5-16(28)20-15(22)6-7-18(25-20)27(2)3/h6-8,10-13,16H,4-5,9H2,1-3H3/t16-/m0/s1. The van der Waals surface area contributed by atoms with Crippen molar-refractivity contribution in [1.29, 1.82) is 0 Å². The lowest BCUT2D eigenvalue weighted by molar-refractivity contribution is 0.562. The van der Waals surface area contributed by atoms with Crippen LogP contribution in [-0.4, -0.2) is 50.0 Å². The first kappa shape index (κ1) is 18.5. The molecule has 0 bridgehead atoms. The third kappa shape index (κ3) is 3.06. The molecule has 0 radical (unpaired) electrons. The van der Waals surface area contributed by atoms with Gasteiger partial charge in [-0.25, -0.2) is 23.6 Å². The van der Waals surface area contributed by atoms with Gasteiger partial charge in [0, 0.05) is 33.0 Å². The second-order valence-electron chi connectivity index (χ2n) is 7.83. The molecule has 1 aliphatic rings. The van der Waals surface area contributed by atoms with Crippen LogP contribution >= 0.6 is 0 Å². The number of pyridine rings is 1. The number of anilines is 2. The molecule has 0 amide bonds. The van der Waals surface area contributed by atoms with Gasteiger partial charge in [0.1, 0.15) is 28.8 Å². The highest BCUT2D eigenvalue weighted by molar-refractivity contribution is 5.61. The number of hydrogen-bond acceptors (Lipinski definition) is 6. The van der Waals surface area contributed by atoms with E-state index >= 15 is 0 Å². The van der Waals surface area contributed by atoms with E-state index in [0.717, 1.165) is 42.3 Å². The molecule has 4 aromatic rings. The first-order valence-corrected chi connectivity index (χ1v) is 9.98. The van der Waals surface area contributed by atoms with Crippen LogP contribution in [-0.2, 0) is 0 Å². The van der Waals surface area contributed by atoms with Gasteiger partial charge in [-0.05, 0) is 43.5 Å². The summed E-state index contributed by atoms with van der Waals surface area (Å²) in [5.74, 6) is 1.25. The minimum Gasteiger partial charge on any atom is -0.363 e. The number of hydrogen-bond donors (Lipinski definition) is 0. The predicted octanol–water partition coefficient (Wildman–Crippen LogP) is 3.17. The summed E-state index contributed by atoms with van der Waals surface area (Å²) in [6.07, 6.45) is 9.16. The number of halogens is 1. The van der Waals surface area contributed by atoms with E-state index in [2.05, 4.69) is 20.1 Å². The van der Waals surface area contributed by atoms with Gasteiger partial charge in [0.15, 0.2) is 5.65 Å². The Morgan fingerprint density at radius 3 is 2.73 bits per heavy atom. The maximum atomic E-state index is 14.7. The van der Waals surface area contributed by atoms with Crippen molar-refractivity contribution in [3.8, 4) is 5.69 Å². The number of fused-ring (bicyclic) bond motifs is 1. The van der Waals surface area contributed by atoms with E-state index in [1.54, 1.807) is 27.7 Å². The third-order valence-electron chi connectivity index (χ3n) is 5.47. The van der Waals surface area contributed by atoms with Gasteiger partial charge >= 0.3 is 0 Å². The van der Waals surface area contributed by atoms with Gasteiger partial charge in [-0.3, -0.25) is 0 Å². The smallest absolute Gasteiger partial charge is 0.183 e. The van der Waals surface area contributed by atoms with Crippen LogP contribution in [0.15, 0.2) is 43.0 Å². The molecule has 0 aromatic carbocycles. The van der Waals surface area contributed by atoms with Crippen molar-refractivity contribution in [1.82, 2.24) is 29.4 Å². The van der Waals surface area contributed by atoms with Crippen molar-refractivity contribution < 1.29 is 4.39 Å². The molecule has 1 aliphatic heterocycles. The Morgan fingerprint density at radius 2 is 1.97 bits per heavy atom. The highest BCUT2D eigenvalue weighted by atomic mass is 19.1. The molecule has 154 valence electrons. The van der Waals surface area contributed by atoms with Crippen molar-refractivity contribution in [2.45, 2.75) is 25.8 Å². The summed E-state index contributed by atoms with van der Waals surface area (Å²) in [6, 6.07) is 4.97. The van der Waals surface area contributed by atoms with Crippen LogP contribution in [0.25, 0.3) is 11.3 Å². The number of rotatable bonds is 4. The Hall–Kier alpha value is -3.49. The monoisotopic (exact) mass is 406 g/mol.